The van der Waals surface area contributed by atoms with E-state index in [-0.39, 0.29) is 5.15 Å². The number of nitrogens with zero attached hydrogens (tertiary/aromatic N) is 2. The molecule has 0 fully saturated rings. The van der Waals surface area contributed by atoms with Crippen molar-refractivity contribution in [2.24, 2.45) is 0 Å². The summed E-state index contributed by atoms with van der Waals surface area (Å²) in [4.78, 5) is 0. The number of hydrogen-bond acceptors (Lipinski definition) is 4. The Bertz CT molecular complexity index is 620. The molecule has 0 aliphatic rings. The molecule has 0 atom stereocenters. The van der Waals surface area contributed by atoms with Crippen molar-refractivity contribution in [1.29, 1.82) is 0 Å². The number of halogens is 2. The van der Waals surface area contributed by atoms with Crippen LogP contribution in [0.1, 0.15) is 25.3 Å². The SMILES string of the molecule is COc1cc(Oc2c(Br)cccc2C(C)C)nnc1Cl. The Hall–Kier alpha value is -1.33. The predicted molar refractivity (Wildman–Crippen MR) is 81.9 cm³/mol. The molecule has 0 unspecified atom stereocenters. The first-order valence-electron chi connectivity index (χ1n) is 6.06. The molecule has 1 heterocycles. The second-order valence-corrected chi connectivity index (χ2v) is 5.67. The van der Waals surface area contributed by atoms with Gasteiger partial charge in [0.05, 0.1) is 11.6 Å². The lowest BCUT2D eigenvalue weighted by atomic mass is 10.0. The van der Waals surface area contributed by atoms with Gasteiger partial charge in [0.2, 0.25) is 5.88 Å². The van der Waals surface area contributed by atoms with Crippen molar-refractivity contribution in [1.82, 2.24) is 10.2 Å². The monoisotopic (exact) mass is 356 g/mol. The topological polar surface area (TPSA) is 44.2 Å². The number of rotatable bonds is 4. The number of hydrogen-bond donors (Lipinski definition) is 0. The fourth-order valence-electron chi connectivity index (χ4n) is 1.73. The van der Waals surface area contributed by atoms with Gasteiger partial charge in [-0.1, -0.05) is 37.6 Å². The minimum atomic E-state index is 0.205. The van der Waals surface area contributed by atoms with Gasteiger partial charge in [0, 0.05) is 6.07 Å². The highest BCUT2D eigenvalue weighted by Gasteiger charge is 2.14. The average Bonchev–Trinajstić information content (AvgIpc) is 2.42. The first-order chi connectivity index (χ1) is 9.52. The second kappa shape index (κ2) is 6.41. The Balaban J connectivity index is 2.39. The zero-order valence-corrected chi connectivity index (χ0v) is 13.7. The lowest BCUT2D eigenvalue weighted by Crippen LogP contribution is -1.98. The molecule has 0 aliphatic heterocycles. The summed E-state index contributed by atoms with van der Waals surface area (Å²) in [7, 11) is 1.52. The van der Waals surface area contributed by atoms with Crippen LogP contribution in [0.15, 0.2) is 28.7 Å². The molecular weight excluding hydrogens is 344 g/mol. The van der Waals surface area contributed by atoms with Gasteiger partial charge in [-0.2, -0.15) is 0 Å². The molecule has 0 spiro atoms. The van der Waals surface area contributed by atoms with Gasteiger partial charge in [-0.05, 0) is 33.5 Å². The van der Waals surface area contributed by atoms with Crippen LogP contribution in [-0.2, 0) is 0 Å². The standard InChI is InChI=1S/C14H14BrClN2O2/c1-8(2)9-5-4-6-10(15)13(9)20-12-7-11(19-3)14(16)18-17-12/h4-8H,1-3H3. The predicted octanol–water partition coefficient (Wildman–Crippen LogP) is 4.82. The third-order valence-corrected chi connectivity index (χ3v) is 3.63. The average molecular weight is 358 g/mol. The van der Waals surface area contributed by atoms with E-state index in [2.05, 4.69) is 40.0 Å². The van der Waals surface area contributed by atoms with Gasteiger partial charge >= 0.3 is 0 Å². The van der Waals surface area contributed by atoms with Crippen LogP contribution >= 0.6 is 27.5 Å². The number of ether oxygens (including phenoxy) is 2. The smallest absolute Gasteiger partial charge is 0.242 e. The van der Waals surface area contributed by atoms with Crippen molar-refractivity contribution < 1.29 is 9.47 Å². The summed E-state index contributed by atoms with van der Waals surface area (Å²) in [5.41, 5.74) is 1.08. The zero-order valence-electron chi connectivity index (χ0n) is 11.4. The maximum absolute atomic E-state index is 5.85. The van der Waals surface area contributed by atoms with E-state index in [0.29, 0.717) is 17.5 Å². The van der Waals surface area contributed by atoms with E-state index >= 15 is 0 Å². The Morgan fingerprint density at radius 1 is 1.25 bits per heavy atom. The number of methoxy groups -OCH3 is 1. The molecule has 1 aromatic heterocycles. The minimum Gasteiger partial charge on any atom is -0.493 e. The van der Waals surface area contributed by atoms with Crippen molar-refractivity contribution in [3.05, 3.63) is 39.5 Å². The molecule has 0 amide bonds. The molecule has 0 N–H and O–H groups in total. The summed E-state index contributed by atoms with van der Waals surface area (Å²) < 4.78 is 11.8. The Morgan fingerprint density at radius 2 is 2.00 bits per heavy atom. The fraction of sp³-hybridized carbons (Fsp3) is 0.286. The third-order valence-electron chi connectivity index (χ3n) is 2.74. The maximum Gasteiger partial charge on any atom is 0.242 e. The summed E-state index contributed by atoms with van der Waals surface area (Å²) in [5, 5.41) is 7.92. The van der Waals surface area contributed by atoms with Crippen molar-refractivity contribution in [3.8, 4) is 17.4 Å². The largest absolute Gasteiger partial charge is 0.493 e. The van der Waals surface area contributed by atoms with Crippen molar-refractivity contribution in [2.75, 3.05) is 7.11 Å². The Labute approximate surface area is 131 Å². The summed E-state index contributed by atoms with van der Waals surface area (Å²) >= 11 is 9.34. The molecule has 4 nitrogen and oxygen atoms in total. The van der Waals surface area contributed by atoms with E-state index in [1.54, 1.807) is 6.07 Å². The minimum absolute atomic E-state index is 0.205. The first-order valence-corrected chi connectivity index (χ1v) is 7.23. The van der Waals surface area contributed by atoms with Crippen LogP contribution in [0.3, 0.4) is 0 Å². The second-order valence-electron chi connectivity index (χ2n) is 4.46. The fourth-order valence-corrected chi connectivity index (χ4v) is 2.36. The summed E-state index contributed by atoms with van der Waals surface area (Å²) in [6.07, 6.45) is 0. The van der Waals surface area contributed by atoms with E-state index in [4.69, 9.17) is 21.1 Å². The third kappa shape index (κ3) is 3.22. The van der Waals surface area contributed by atoms with Gasteiger partial charge in [0.25, 0.3) is 0 Å². The quantitative estimate of drug-likeness (QED) is 0.787. The molecule has 0 saturated heterocycles. The highest BCUT2D eigenvalue weighted by Crippen LogP contribution is 2.37. The van der Waals surface area contributed by atoms with E-state index in [1.165, 1.54) is 7.11 Å². The van der Waals surface area contributed by atoms with Gasteiger partial charge in [-0.25, -0.2) is 0 Å². The zero-order chi connectivity index (χ0) is 14.7. The summed E-state index contributed by atoms with van der Waals surface area (Å²) in [5.74, 6) is 1.81. The van der Waals surface area contributed by atoms with Crippen LogP contribution in [0.5, 0.6) is 17.4 Å². The molecular formula is C14H14BrClN2O2. The van der Waals surface area contributed by atoms with Crippen LogP contribution in [0.25, 0.3) is 0 Å². The maximum atomic E-state index is 5.85. The number of aromatic nitrogens is 2. The van der Waals surface area contributed by atoms with Crippen LogP contribution < -0.4 is 9.47 Å². The number of para-hydroxylation sites is 1. The van der Waals surface area contributed by atoms with Crippen LogP contribution in [0.2, 0.25) is 5.15 Å². The molecule has 2 aromatic rings. The lowest BCUT2D eigenvalue weighted by Gasteiger charge is -2.14. The Kier molecular flexibility index (Phi) is 4.83. The lowest BCUT2D eigenvalue weighted by molar-refractivity contribution is 0.398. The highest BCUT2D eigenvalue weighted by molar-refractivity contribution is 9.10. The molecule has 20 heavy (non-hydrogen) atoms. The van der Waals surface area contributed by atoms with Crippen LogP contribution in [-0.4, -0.2) is 17.3 Å². The summed E-state index contributed by atoms with van der Waals surface area (Å²) in [6.45, 7) is 4.20. The van der Waals surface area contributed by atoms with Gasteiger partial charge in [-0.3, -0.25) is 0 Å². The van der Waals surface area contributed by atoms with Crippen molar-refractivity contribution in [3.63, 3.8) is 0 Å². The molecule has 0 radical (unpaired) electrons. The van der Waals surface area contributed by atoms with Crippen molar-refractivity contribution >= 4 is 27.5 Å². The molecule has 106 valence electrons. The molecule has 2 rings (SSSR count). The van der Waals surface area contributed by atoms with Gasteiger partial charge < -0.3 is 9.47 Å². The molecule has 6 heteroatoms. The molecule has 1 aromatic carbocycles. The van der Waals surface area contributed by atoms with Gasteiger partial charge in [-0.15, -0.1) is 10.2 Å². The van der Waals surface area contributed by atoms with E-state index < -0.39 is 0 Å². The summed E-state index contributed by atoms with van der Waals surface area (Å²) in [6, 6.07) is 7.52. The Morgan fingerprint density at radius 3 is 2.65 bits per heavy atom. The first kappa shape index (κ1) is 15.1. The normalized spacial score (nSPS) is 10.7. The van der Waals surface area contributed by atoms with E-state index in [0.717, 1.165) is 15.8 Å². The number of benzene rings is 1. The van der Waals surface area contributed by atoms with Crippen LogP contribution in [0, 0.1) is 0 Å². The molecule has 0 saturated carbocycles. The van der Waals surface area contributed by atoms with Gasteiger partial charge in [0.1, 0.15) is 5.75 Å². The highest BCUT2D eigenvalue weighted by atomic mass is 79.9. The van der Waals surface area contributed by atoms with E-state index in [9.17, 15) is 0 Å². The van der Waals surface area contributed by atoms with E-state index in [1.807, 2.05) is 18.2 Å². The van der Waals surface area contributed by atoms with Crippen LogP contribution in [0.4, 0.5) is 0 Å². The van der Waals surface area contributed by atoms with Crippen molar-refractivity contribution in [2.45, 2.75) is 19.8 Å². The molecule has 0 bridgehead atoms. The van der Waals surface area contributed by atoms with Gasteiger partial charge in [0.15, 0.2) is 10.9 Å². The molecule has 0 aliphatic carbocycles.